The van der Waals surface area contributed by atoms with Crippen LogP contribution in [0, 0.1) is 0 Å². The lowest BCUT2D eigenvalue weighted by molar-refractivity contribution is 1.01. The van der Waals surface area contributed by atoms with E-state index in [1.54, 1.807) is 0 Å². The molecule has 3 heterocycles. The van der Waals surface area contributed by atoms with Crippen LogP contribution in [0.4, 0.5) is 0 Å². The SMILES string of the molecule is C1=Cc2sc3c(cc(-c4ccc5c(c4)c4ccccc4n5-c4ccc(-c5ccccc5)cc4)c4c5ccccc5n(-c5ccccc5)c34)c2CC1. The van der Waals surface area contributed by atoms with Crippen LogP contribution in [0.5, 0.6) is 0 Å². The minimum atomic E-state index is 1.08. The number of nitrogens with zero attached hydrogens (tertiary/aromatic N) is 2. The Bertz CT molecular complexity index is 2990. The molecule has 7 aromatic carbocycles. The number of benzene rings is 7. The van der Waals surface area contributed by atoms with Crippen LogP contribution < -0.4 is 0 Å². The second-order valence-corrected chi connectivity index (χ2v) is 14.6. The first-order valence-electron chi connectivity index (χ1n) is 17.7. The Balaban J connectivity index is 1.20. The summed E-state index contributed by atoms with van der Waals surface area (Å²) in [6.45, 7) is 0. The lowest BCUT2D eigenvalue weighted by Gasteiger charge is -2.12. The molecular weight excluding hydrogens is 637 g/mol. The summed E-state index contributed by atoms with van der Waals surface area (Å²) >= 11 is 1.95. The van der Waals surface area contributed by atoms with E-state index in [9.17, 15) is 0 Å². The summed E-state index contributed by atoms with van der Waals surface area (Å²) < 4.78 is 6.30. The van der Waals surface area contributed by atoms with Crippen molar-refractivity contribution < 1.29 is 0 Å². The molecular formula is C48H32N2S. The van der Waals surface area contributed by atoms with Gasteiger partial charge in [0, 0.05) is 37.8 Å². The molecule has 240 valence electrons. The van der Waals surface area contributed by atoms with E-state index in [1.165, 1.54) is 97.8 Å². The highest BCUT2D eigenvalue weighted by Crippen LogP contribution is 2.48. The fourth-order valence-electron chi connectivity index (χ4n) is 8.50. The zero-order valence-electron chi connectivity index (χ0n) is 27.9. The summed E-state index contributed by atoms with van der Waals surface area (Å²) in [6.07, 6.45) is 6.85. The molecule has 0 amide bonds. The highest BCUT2D eigenvalue weighted by Gasteiger charge is 2.24. The van der Waals surface area contributed by atoms with Gasteiger partial charge in [-0.25, -0.2) is 0 Å². The fourth-order valence-corrected chi connectivity index (χ4v) is 9.81. The van der Waals surface area contributed by atoms with Crippen molar-refractivity contribution in [1.82, 2.24) is 9.13 Å². The van der Waals surface area contributed by atoms with E-state index >= 15 is 0 Å². The third-order valence-electron chi connectivity index (χ3n) is 10.8. The first kappa shape index (κ1) is 28.7. The summed E-state index contributed by atoms with van der Waals surface area (Å²) in [5, 5.41) is 6.54. The van der Waals surface area contributed by atoms with Gasteiger partial charge in [0.2, 0.25) is 0 Å². The number of hydrogen-bond donors (Lipinski definition) is 0. The van der Waals surface area contributed by atoms with Crippen LogP contribution in [0.3, 0.4) is 0 Å². The summed E-state index contributed by atoms with van der Waals surface area (Å²) in [7, 11) is 0. The molecule has 51 heavy (non-hydrogen) atoms. The summed E-state index contributed by atoms with van der Waals surface area (Å²) in [6, 6.07) is 57.9. The monoisotopic (exact) mass is 668 g/mol. The van der Waals surface area contributed by atoms with Gasteiger partial charge in [-0.1, -0.05) is 109 Å². The molecule has 0 atom stereocenters. The maximum atomic E-state index is 2.51. The molecule has 10 aromatic rings. The molecule has 0 N–H and O–H groups in total. The number of aromatic nitrogens is 2. The summed E-state index contributed by atoms with van der Waals surface area (Å²) in [4.78, 5) is 1.40. The van der Waals surface area contributed by atoms with Gasteiger partial charge in [-0.05, 0) is 107 Å². The van der Waals surface area contributed by atoms with Crippen LogP contribution >= 0.6 is 11.3 Å². The quantitative estimate of drug-likeness (QED) is 0.177. The minimum absolute atomic E-state index is 1.08. The van der Waals surface area contributed by atoms with Crippen LogP contribution in [0.2, 0.25) is 0 Å². The lowest BCUT2D eigenvalue weighted by atomic mass is 9.93. The molecule has 1 aliphatic carbocycles. The Hall–Kier alpha value is -6.16. The van der Waals surface area contributed by atoms with Crippen molar-refractivity contribution in [3.05, 3.63) is 174 Å². The van der Waals surface area contributed by atoms with Gasteiger partial charge in [0.1, 0.15) is 0 Å². The Kier molecular flexibility index (Phi) is 6.28. The van der Waals surface area contributed by atoms with Crippen LogP contribution in [-0.4, -0.2) is 9.13 Å². The van der Waals surface area contributed by atoms with Crippen LogP contribution in [-0.2, 0) is 6.42 Å². The highest BCUT2D eigenvalue weighted by molar-refractivity contribution is 7.21. The molecule has 0 saturated heterocycles. The molecule has 0 unspecified atom stereocenters. The van der Waals surface area contributed by atoms with E-state index in [2.05, 4.69) is 179 Å². The van der Waals surface area contributed by atoms with Crippen LogP contribution in [0.1, 0.15) is 16.9 Å². The third-order valence-corrected chi connectivity index (χ3v) is 12.0. The fraction of sp³-hybridized carbons (Fsp3) is 0.0417. The van der Waals surface area contributed by atoms with E-state index in [-0.39, 0.29) is 0 Å². The predicted molar refractivity (Wildman–Crippen MR) is 219 cm³/mol. The Morgan fingerprint density at radius 3 is 1.90 bits per heavy atom. The Labute approximate surface area is 299 Å². The zero-order chi connectivity index (χ0) is 33.5. The maximum Gasteiger partial charge on any atom is 0.0725 e. The predicted octanol–water partition coefficient (Wildman–Crippen LogP) is 13.4. The minimum Gasteiger partial charge on any atom is -0.309 e. The van der Waals surface area contributed by atoms with Crippen molar-refractivity contribution in [3.8, 4) is 33.6 Å². The van der Waals surface area contributed by atoms with Crippen molar-refractivity contribution in [2.75, 3.05) is 0 Å². The topological polar surface area (TPSA) is 9.86 Å². The van der Waals surface area contributed by atoms with Gasteiger partial charge in [-0.2, -0.15) is 0 Å². The van der Waals surface area contributed by atoms with Gasteiger partial charge in [0.25, 0.3) is 0 Å². The van der Waals surface area contributed by atoms with Gasteiger partial charge in [0.05, 0.1) is 26.8 Å². The van der Waals surface area contributed by atoms with Crippen molar-refractivity contribution >= 4 is 71.1 Å². The Morgan fingerprint density at radius 2 is 1.10 bits per heavy atom. The van der Waals surface area contributed by atoms with Gasteiger partial charge >= 0.3 is 0 Å². The lowest BCUT2D eigenvalue weighted by Crippen LogP contribution is -1.94. The number of aryl methyl sites for hydroxylation is 1. The average molecular weight is 669 g/mol. The van der Waals surface area contributed by atoms with E-state index in [0.29, 0.717) is 0 Å². The molecule has 0 aliphatic heterocycles. The van der Waals surface area contributed by atoms with Crippen molar-refractivity contribution in [3.63, 3.8) is 0 Å². The van der Waals surface area contributed by atoms with Gasteiger partial charge in [0.15, 0.2) is 0 Å². The number of thiophene rings is 1. The number of hydrogen-bond acceptors (Lipinski definition) is 1. The maximum absolute atomic E-state index is 2.51. The molecule has 11 rings (SSSR count). The van der Waals surface area contributed by atoms with Crippen molar-refractivity contribution in [2.24, 2.45) is 0 Å². The molecule has 1 aliphatic rings. The second-order valence-electron chi connectivity index (χ2n) is 13.6. The Morgan fingerprint density at radius 1 is 0.471 bits per heavy atom. The molecule has 3 heteroatoms. The van der Waals surface area contributed by atoms with E-state index < -0.39 is 0 Å². The standard InChI is InChI=1S/C48H32N2S/c1-3-13-31(14-4-1)32-23-26-35(27-24-32)49-42-20-10-7-17-36(42)40-29-33(25-28-44(40)49)39-30-41-37-18-9-12-22-45(37)51-48(41)47-46(39)38-19-8-11-21-43(38)50(47)34-15-5-2-6-16-34/h1-8,10-17,19-30H,9,18H2. The number of allylic oxidation sites excluding steroid dienone is 1. The first-order valence-corrected chi connectivity index (χ1v) is 18.6. The molecule has 2 nitrogen and oxygen atoms in total. The van der Waals surface area contributed by atoms with Crippen LogP contribution in [0.25, 0.3) is 93.4 Å². The second kappa shape index (κ2) is 11.2. The molecule has 0 fully saturated rings. The van der Waals surface area contributed by atoms with Crippen LogP contribution in [0.15, 0.2) is 164 Å². The van der Waals surface area contributed by atoms with Gasteiger partial charge in [-0.15, -0.1) is 11.3 Å². The molecule has 0 spiro atoms. The molecule has 0 radical (unpaired) electrons. The van der Waals surface area contributed by atoms with Crippen molar-refractivity contribution in [1.29, 1.82) is 0 Å². The molecule has 0 saturated carbocycles. The number of fused-ring (bicyclic) bond motifs is 10. The number of rotatable bonds is 4. The van der Waals surface area contributed by atoms with Crippen molar-refractivity contribution in [2.45, 2.75) is 12.8 Å². The first-order chi connectivity index (χ1) is 25.3. The van der Waals surface area contributed by atoms with E-state index in [4.69, 9.17) is 0 Å². The van der Waals surface area contributed by atoms with Gasteiger partial charge in [-0.3, -0.25) is 0 Å². The van der Waals surface area contributed by atoms with Gasteiger partial charge < -0.3 is 9.13 Å². The molecule has 0 bridgehead atoms. The average Bonchev–Trinajstić information content (AvgIpc) is 3.86. The zero-order valence-corrected chi connectivity index (χ0v) is 28.7. The smallest absolute Gasteiger partial charge is 0.0725 e. The van der Waals surface area contributed by atoms with E-state index in [1.807, 2.05) is 11.3 Å². The van der Waals surface area contributed by atoms with E-state index in [0.717, 1.165) is 12.8 Å². The largest absolute Gasteiger partial charge is 0.309 e. The third kappa shape index (κ3) is 4.28. The molecule has 3 aromatic heterocycles. The summed E-state index contributed by atoms with van der Waals surface area (Å²) in [5.41, 5.74) is 13.8. The summed E-state index contributed by atoms with van der Waals surface area (Å²) in [5.74, 6) is 0. The highest BCUT2D eigenvalue weighted by atomic mass is 32.1. The normalized spacial score (nSPS) is 12.9. The number of para-hydroxylation sites is 3.